The summed E-state index contributed by atoms with van der Waals surface area (Å²) in [7, 11) is 0. The van der Waals surface area contributed by atoms with E-state index in [9.17, 15) is 0 Å². The summed E-state index contributed by atoms with van der Waals surface area (Å²) in [6.07, 6.45) is 2.63. The Hall–Kier alpha value is -0.900. The quantitative estimate of drug-likeness (QED) is 0.856. The summed E-state index contributed by atoms with van der Waals surface area (Å²) < 4.78 is 2.01. The molecule has 1 atom stereocenters. The Morgan fingerprint density at radius 2 is 1.94 bits per heavy atom. The normalized spacial score (nSPS) is 14.3. The molecule has 98 valence electrons. The number of hydrogen-bond acceptors (Lipinski definition) is 3. The van der Waals surface area contributed by atoms with Gasteiger partial charge in [0.05, 0.1) is 0 Å². The molecule has 1 aromatic rings. The molecule has 1 unspecified atom stereocenters. The van der Waals surface area contributed by atoms with E-state index < -0.39 is 0 Å². The van der Waals surface area contributed by atoms with Crippen molar-refractivity contribution in [2.45, 2.75) is 59.5 Å². The summed E-state index contributed by atoms with van der Waals surface area (Å²) in [6, 6.07) is 0.385. The fraction of sp³-hybridized carbons (Fsp3) is 0.846. The van der Waals surface area contributed by atoms with E-state index in [0.717, 1.165) is 18.8 Å². The minimum absolute atomic E-state index is 0.181. The van der Waals surface area contributed by atoms with Crippen LogP contribution >= 0.6 is 0 Å². The lowest BCUT2D eigenvalue weighted by Gasteiger charge is -2.23. The van der Waals surface area contributed by atoms with Crippen molar-refractivity contribution in [3.05, 3.63) is 12.2 Å². The Balaban J connectivity index is 2.50. The van der Waals surface area contributed by atoms with Crippen molar-refractivity contribution in [1.82, 2.24) is 20.1 Å². The maximum absolute atomic E-state index is 4.35. The molecule has 17 heavy (non-hydrogen) atoms. The molecule has 0 spiro atoms. The van der Waals surface area contributed by atoms with Crippen molar-refractivity contribution in [3.63, 3.8) is 0 Å². The van der Waals surface area contributed by atoms with E-state index in [1.165, 1.54) is 0 Å². The van der Waals surface area contributed by atoms with Gasteiger partial charge < -0.3 is 5.32 Å². The lowest BCUT2D eigenvalue weighted by molar-refractivity contribution is 0.373. The van der Waals surface area contributed by atoms with E-state index in [0.29, 0.717) is 12.0 Å². The van der Waals surface area contributed by atoms with Crippen molar-refractivity contribution in [2.24, 2.45) is 5.92 Å². The van der Waals surface area contributed by atoms with Crippen LogP contribution in [0.3, 0.4) is 0 Å². The first-order valence-electron chi connectivity index (χ1n) is 6.43. The van der Waals surface area contributed by atoms with Gasteiger partial charge in [0.2, 0.25) is 0 Å². The lowest BCUT2D eigenvalue weighted by Crippen LogP contribution is -2.39. The van der Waals surface area contributed by atoms with Crippen LogP contribution in [0.1, 0.15) is 53.4 Å². The van der Waals surface area contributed by atoms with Crippen molar-refractivity contribution in [1.29, 1.82) is 0 Å². The number of rotatable bonds is 5. The number of aromatic nitrogens is 3. The van der Waals surface area contributed by atoms with Gasteiger partial charge in [0.25, 0.3) is 0 Å². The fourth-order valence-electron chi connectivity index (χ4n) is 1.72. The van der Waals surface area contributed by atoms with Crippen LogP contribution in [0, 0.1) is 5.92 Å². The molecule has 0 aliphatic carbocycles. The summed E-state index contributed by atoms with van der Waals surface area (Å²) in [5.41, 5.74) is 0.181. The van der Waals surface area contributed by atoms with Gasteiger partial charge in [0.15, 0.2) is 0 Å². The SMILES string of the molecule is CC(CNC(C)(C)C)Cc1ncnn1C(C)C. The molecule has 0 amide bonds. The Kier molecular flexibility index (Phi) is 4.69. The first-order valence-corrected chi connectivity index (χ1v) is 6.43. The molecule has 4 heteroatoms. The molecule has 1 rings (SSSR count). The van der Waals surface area contributed by atoms with Gasteiger partial charge in [0, 0.05) is 18.0 Å². The average molecular weight is 238 g/mol. The monoisotopic (exact) mass is 238 g/mol. The van der Waals surface area contributed by atoms with Crippen molar-refractivity contribution in [2.75, 3.05) is 6.54 Å². The van der Waals surface area contributed by atoms with Crippen LogP contribution in [-0.4, -0.2) is 26.8 Å². The molecule has 4 nitrogen and oxygen atoms in total. The highest BCUT2D eigenvalue weighted by Crippen LogP contribution is 2.11. The molecule has 0 fully saturated rings. The van der Waals surface area contributed by atoms with Crippen LogP contribution in [0.2, 0.25) is 0 Å². The highest BCUT2D eigenvalue weighted by Gasteiger charge is 2.14. The van der Waals surface area contributed by atoms with Crippen LogP contribution in [-0.2, 0) is 6.42 Å². The van der Waals surface area contributed by atoms with Crippen LogP contribution in [0.5, 0.6) is 0 Å². The fourth-order valence-corrected chi connectivity index (χ4v) is 1.72. The molecule has 1 aromatic heterocycles. The molecule has 0 radical (unpaired) electrons. The first kappa shape index (κ1) is 14.2. The Labute approximate surface area is 105 Å². The van der Waals surface area contributed by atoms with Gasteiger partial charge in [-0.25, -0.2) is 9.67 Å². The molecule has 0 aromatic carbocycles. The summed E-state index contributed by atoms with van der Waals surface area (Å²) in [5.74, 6) is 1.65. The third kappa shape index (κ3) is 4.86. The summed E-state index contributed by atoms with van der Waals surface area (Å²) >= 11 is 0. The second-order valence-corrected chi connectivity index (χ2v) is 6.15. The van der Waals surface area contributed by atoms with Gasteiger partial charge in [-0.05, 0) is 47.1 Å². The third-order valence-electron chi connectivity index (χ3n) is 2.65. The molecular weight excluding hydrogens is 212 g/mol. The number of nitrogens with zero attached hydrogens (tertiary/aromatic N) is 3. The van der Waals surface area contributed by atoms with E-state index >= 15 is 0 Å². The Morgan fingerprint density at radius 1 is 1.29 bits per heavy atom. The molecule has 0 aliphatic rings. The van der Waals surface area contributed by atoms with Crippen molar-refractivity contribution >= 4 is 0 Å². The van der Waals surface area contributed by atoms with Gasteiger partial charge in [-0.3, -0.25) is 0 Å². The summed E-state index contributed by atoms with van der Waals surface area (Å²) in [4.78, 5) is 4.35. The summed E-state index contributed by atoms with van der Waals surface area (Å²) in [5, 5.41) is 7.79. The topological polar surface area (TPSA) is 42.7 Å². The zero-order valence-electron chi connectivity index (χ0n) is 12.0. The molecular formula is C13H26N4. The van der Waals surface area contributed by atoms with Crippen LogP contribution in [0.25, 0.3) is 0 Å². The Morgan fingerprint density at radius 3 is 2.47 bits per heavy atom. The molecule has 1 N–H and O–H groups in total. The second-order valence-electron chi connectivity index (χ2n) is 6.15. The van der Waals surface area contributed by atoms with Gasteiger partial charge in [-0.2, -0.15) is 5.10 Å². The number of hydrogen-bond donors (Lipinski definition) is 1. The average Bonchev–Trinajstić information content (AvgIpc) is 2.62. The predicted octanol–water partition coefficient (Wildman–Crippen LogP) is 2.43. The van der Waals surface area contributed by atoms with Gasteiger partial charge in [0.1, 0.15) is 12.2 Å². The number of nitrogens with one attached hydrogen (secondary N) is 1. The maximum Gasteiger partial charge on any atom is 0.138 e. The second kappa shape index (κ2) is 5.63. The zero-order chi connectivity index (χ0) is 13.1. The van der Waals surface area contributed by atoms with Crippen molar-refractivity contribution in [3.8, 4) is 0 Å². The van der Waals surface area contributed by atoms with E-state index in [4.69, 9.17) is 0 Å². The van der Waals surface area contributed by atoms with E-state index in [2.05, 4.69) is 56.9 Å². The van der Waals surface area contributed by atoms with Gasteiger partial charge in [-0.1, -0.05) is 6.92 Å². The Bertz CT molecular complexity index is 335. The van der Waals surface area contributed by atoms with Crippen LogP contribution in [0.15, 0.2) is 6.33 Å². The smallest absolute Gasteiger partial charge is 0.138 e. The van der Waals surface area contributed by atoms with Crippen LogP contribution < -0.4 is 5.32 Å². The van der Waals surface area contributed by atoms with Gasteiger partial charge >= 0.3 is 0 Å². The molecule has 0 saturated carbocycles. The zero-order valence-corrected chi connectivity index (χ0v) is 12.0. The van der Waals surface area contributed by atoms with Crippen LogP contribution in [0.4, 0.5) is 0 Å². The molecule has 0 aliphatic heterocycles. The summed E-state index contributed by atoms with van der Waals surface area (Å²) in [6.45, 7) is 14.1. The van der Waals surface area contributed by atoms with Gasteiger partial charge in [-0.15, -0.1) is 0 Å². The highest BCUT2D eigenvalue weighted by molar-refractivity contribution is 4.89. The molecule has 1 heterocycles. The predicted molar refractivity (Wildman–Crippen MR) is 71.0 cm³/mol. The standard InChI is InChI=1S/C13H26N4/c1-10(2)17-12(14-9-16-17)7-11(3)8-15-13(4,5)6/h9-11,15H,7-8H2,1-6H3. The first-order chi connectivity index (χ1) is 7.79. The van der Waals surface area contributed by atoms with E-state index in [-0.39, 0.29) is 5.54 Å². The highest BCUT2D eigenvalue weighted by atomic mass is 15.3. The molecule has 0 bridgehead atoms. The molecule has 0 saturated heterocycles. The van der Waals surface area contributed by atoms with E-state index in [1.807, 2.05) is 4.68 Å². The van der Waals surface area contributed by atoms with E-state index in [1.54, 1.807) is 6.33 Å². The minimum atomic E-state index is 0.181. The minimum Gasteiger partial charge on any atom is -0.312 e. The third-order valence-corrected chi connectivity index (χ3v) is 2.65. The van der Waals surface area contributed by atoms with Crippen molar-refractivity contribution < 1.29 is 0 Å². The largest absolute Gasteiger partial charge is 0.312 e. The lowest BCUT2D eigenvalue weighted by atomic mass is 10.0. The maximum atomic E-state index is 4.35.